The molecule has 0 aliphatic carbocycles. The van der Waals surface area contributed by atoms with Crippen LogP contribution in [0.3, 0.4) is 0 Å². The van der Waals surface area contributed by atoms with E-state index in [2.05, 4.69) is 24.5 Å². The molecule has 0 saturated carbocycles. The molecule has 1 aromatic carbocycles. The number of nitrogens with one attached hydrogen (secondary N) is 2. The maximum absolute atomic E-state index is 12.5. The molecule has 0 aliphatic rings. The van der Waals surface area contributed by atoms with E-state index < -0.39 is 0 Å². The van der Waals surface area contributed by atoms with Gasteiger partial charge in [-0.1, -0.05) is 32.0 Å². The third-order valence-corrected chi connectivity index (χ3v) is 3.22. The van der Waals surface area contributed by atoms with E-state index >= 15 is 0 Å². The molecule has 0 radical (unpaired) electrons. The lowest BCUT2D eigenvalue weighted by Crippen LogP contribution is -2.34. The van der Waals surface area contributed by atoms with Crippen molar-refractivity contribution >= 4 is 22.5 Å². The summed E-state index contributed by atoms with van der Waals surface area (Å²) in [7, 11) is 0. The van der Waals surface area contributed by atoms with Crippen LogP contribution in [-0.4, -0.2) is 16.6 Å². The van der Waals surface area contributed by atoms with Gasteiger partial charge in [0.25, 0.3) is 5.56 Å². The molecule has 1 aromatic heterocycles. The van der Waals surface area contributed by atoms with E-state index in [1.165, 1.54) is 0 Å². The van der Waals surface area contributed by atoms with Crippen molar-refractivity contribution in [1.29, 1.82) is 0 Å². The van der Waals surface area contributed by atoms with E-state index in [4.69, 9.17) is 0 Å². The summed E-state index contributed by atoms with van der Waals surface area (Å²) in [4.78, 5) is 24.5. The Morgan fingerprint density at radius 1 is 1.14 bits per heavy atom. The molecule has 5 heteroatoms. The minimum Gasteiger partial charge on any atom is -0.336 e. The van der Waals surface area contributed by atoms with Crippen molar-refractivity contribution in [1.82, 2.24) is 9.88 Å². The van der Waals surface area contributed by atoms with Crippen LogP contribution in [0.4, 0.5) is 10.5 Å². The fraction of sp³-hybridized carbons (Fsp3) is 0.412. The Morgan fingerprint density at radius 2 is 1.77 bits per heavy atom. The van der Waals surface area contributed by atoms with Crippen molar-refractivity contribution in [2.45, 2.75) is 40.3 Å². The summed E-state index contributed by atoms with van der Waals surface area (Å²) < 4.78 is 1.66. The smallest absolute Gasteiger partial charge is 0.319 e. The minimum absolute atomic E-state index is 0.0286. The number of rotatable bonds is 4. The average molecular weight is 301 g/mol. The standard InChI is InChI=1S/C17H23N3O2/c1-11(2)9-20-10-15(19-17(22)18-12(3)4)13-7-5-6-8-14(13)16(20)21/h5-8,10-12H,9H2,1-4H3,(H2,18,19,22). The van der Waals surface area contributed by atoms with Crippen LogP contribution < -0.4 is 16.2 Å². The van der Waals surface area contributed by atoms with Crippen LogP contribution >= 0.6 is 0 Å². The highest BCUT2D eigenvalue weighted by Gasteiger charge is 2.12. The highest BCUT2D eigenvalue weighted by atomic mass is 16.2. The van der Waals surface area contributed by atoms with Crippen LogP contribution in [0.15, 0.2) is 35.3 Å². The third-order valence-electron chi connectivity index (χ3n) is 3.22. The Balaban J connectivity index is 2.49. The highest BCUT2D eigenvalue weighted by Crippen LogP contribution is 2.20. The van der Waals surface area contributed by atoms with Crippen LogP contribution in [-0.2, 0) is 6.54 Å². The minimum atomic E-state index is -0.269. The van der Waals surface area contributed by atoms with E-state index in [0.717, 1.165) is 5.39 Å². The second kappa shape index (κ2) is 6.64. The Bertz CT molecular complexity index is 732. The van der Waals surface area contributed by atoms with Gasteiger partial charge in [0.2, 0.25) is 0 Å². The van der Waals surface area contributed by atoms with Crippen molar-refractivity contribution < 1.29 is 4.79 Å². The Kier molecular flexibility index (Phi) is 4.85. The van der Waals surface area contributed by atoms with Gasteiger partial charge in [0.05, 0.1) is 5.69 Å². The van der Waals surface area contributed by atoms with E-state index in [0.29, 0.717) is 23.5 Å². The van der Waals surface area contributed by atoms with Crippen LogP contribution in [0.25, 0.3) is 10.8 Å². The van der Waals surface area contributed by atoms with Crippen molar-refractivity contribution in [3.05, 3.63) is 40.8 Å². The normalized spacial score (nSPS) is 11.2. The molecular formula is C17H23N3O2. The number of anilines is 1. The maximum Gasteiger partial charge on any atom is 0.319 e. The topological polar surface area (TPSA) is 63.1 Å². The van der Waals surface area contributed by atoms with Crippen LogP contribution in [0.5, 0.6) is 0 Å². The van der Waals surface area contributed by atoms with Gasteiger partial charge in [0, 0.05) is 29.6 Å². The van der Waals surface area contributed by atoms with Gasteiger partial charge in [-0.05, 0) is 25.8 Å². The number of hydrogen-bond acceptors (Lipinski definition) is 2. The van der Waals surface area contributed by atoms with Gasteiger partial charge in [-0.2, -0.15) is 0 Å². The van der Waals surface area contributed by atoms with Crippen LogP contribution in [0.1, 0.15) is 27.7 Å². The molecule has 0 spiro atoms. The van der Waals surface area contributed by atoms with E-state index in [1.54, 1.807) is 16.8 Å². The molecule has 0 unspecified atom stereocenters. The van der Waals surface area contributed by atoms with Crippen molar-refractivity contribution in [3.8, 4) is 0 Å². The van der Waals surface area contributed by atoms with E-state index in [1.807, 2.05) is 32.0 Å². The molecule has 0 bridgehead atoms. The lowest BCUT2D eigenvalue weighted by molar-refractivity contribution is 0.250. The quantitative estimate of drug-likeness (QED) is 0.911. The molecule has 0 saturated heterocycles. The Morgan fingerprint density at radius 3 is 2.36 bits per heavy atom. The highest BCUT2D eigenvalue weighted by molar-refractivity contribution is 6.00. The summed E-state index contributed by atoms with van der Waals surface area (Å²) >= 11 is 0. The summed E-state index contributed by atoms with van der Waals surface area (Å²) in [6.45, 7) is 8.53. The van der Waals surface area contributed by atoms with Gasteiger partial charge in [-0.3, -0.25) is 4.79 Å². The maximum atomic E-state index is 12.5. The summed E-state index contributed by atoms with van der Waals surface area (Å²) in [5.74, 6) is 0.344. The molecule has 2 N–H and O–H groups in total. The zero-order valence-corrected chi connectivity index (χ0v) is 13.5. The van der Waals surface area contributed by atoms with Gasteiger partial charge < -0.3 is 15.2 Å². The van der Waals surface area contributed by atoms with Crippen LogP contribution in [0, 0.1) is 5.92 Å². The fourth-order valence-corrected chi connectivity index (χ4v) is 2.39. The van der Waals surface area contributed by atoms with E-state index in [-0.39, 0.29) is 17.6 Å². The van der Waals surface area contributed by atoms with Crippen molar-refractivity contribution in [2.24, 2.45) is 5.92 Å². The number of hydrogen-bond donors (Lipinski definition) is 2. The average Bonchev–Trinajstić information content (AvgIpc) is 2.42. The first-order valence-electron chi connectivity index (χ1n) is 7.58. The number of benzene rings is 1. The van der Waals surface area contributed by atoms with E-state index in [9.17, 15) is 9.59 Å². The molecule has 2 aromatic rings. The first-order valence-corrected chi connectivity index (χ1v) is 7.58. The molecule has 5 nitrogen and oxygen atoms in total. The number of urea groups is 1. The molecule has 1 heterocycles. The molecular weight excluding hydrogens is 278 g/mol. The molecule has 2 amide bonds. The number of nitrogens with zero attached hydrogens (tertiary/aromatic N) is 1. The van der Waals surface area contributed by atoms with Gasteiger partial charge in [-0.15, -0.1) is 0 Å². The predicted octanol–water partition coefficient (Wildman–Crippen LogP) is 3.19. The Labute approximate surface area is 130 Å². The Hall–Kier alpha value is -2.30. The zero-order chi connectivity index (χ0) is 16.3. The zero-order valence-electron chi connectivity index (χ0n) is 13.5. The number of fused-ring (bicyclic) bond motifs is 1. The SMILES string of the molecule is CC(C)Cn1cc(NC(=O)NC(C)C)c2ccccc2c1=O. The predicted molar refractivity (Wildman–Crippen MR) is 90.3 cm³/mol. The second-order valence-electron chi connectivity index (χ2n) is 6.19. The lowest BCUT2D eigenvalue weighted by atomic mass is 10.1. The number of amides is 2. The summed E-state index contributed by atoms with van der Waals surface area (Å²) in [6.07, 6.45) is 1.73. The first kappa shape index (κ1) is 16.1. The summed E-state index contributed by atoms with van der Waals surface area (Å²) in [5.41, 5.74) is 0.619. The van der Waals surface area contributed by atoms with Crippen LogP contribution in [0.2, 0.25) is 0 Å². The molecule has 0 aliphatic heterocycles. The third kappa shape index (κ3) is 3.67. The second-order valence-corrected chi connectivity index (χ2v) is 6.19. The van der Waals surface area contributed by atoms with Gasteiger partial charge in [0.1, 0.15) is 0 Å². The van der Waals surface area contributed by atoms with Gasteiger partial charge in [-0.25, -0.2) is 4.79 Å². The monoisotopic (exact) mass is 301 g/mol. The fourth-order valence-electron chi connectivity index (χ4n) is 2.39. The van der Waals surface area contributed by atoms with Gasteiger partial charge >= 0.3 is 6.03 Å². The molecule has 22 heavy (non-hydrogen) atoms. The number of carbonyl (C=O) groups excluding carboxylic acids is 1. The molecule has 118 valence electrons. The summed E-state index contributed by atoms with van der Waals surface area (Å²) in [6, 6.07) is 7.12. The molecule has 2 rings (SSSR count). The van der Waals surface area contributed by atoms with Gasteiger partial charge in [0.15, 0.2) is 0 Å². The van der Waals surface area contributed by atoms with Crippen molar-refractivity contribution in [3.63, 3.8) is 0 Å². The lowest BCUT2D eigenvalue weighted by Gasteiger charge is -2.15. The van der Waals surface area contributed by atoms with Crippen molar-refractivity contribution in [2.75, 3.05) is 5.32 Å². The number of pyridine rings is 1. The first-order chi connectivity index (χ1) is 10.4. The number of aromatic nitrogens is 1. The number of carbonyl (C=O) groups is 1. The largest absolute Gasteiger partial charge is 0.336 e. The summed E-state index contributed by atoms with van der Waals surface area (Å²) in [5, 5.41) is 7.01. The molecule has 0 atom stereocenters. The molecule has 0 fully saturated rings.